The van der Waals surface area contributed by atoms with Crippen LogP contribution in [0.4, 0.5) is 5.69 Å². The van der Waals surface area contributed by atoms with Crippen LogP contribution >= 0.6 is 0 Å². The van der Waals surface area contributed by atoms with Gasteiger partial charge < -0.3 is 10.6 Å². The molecule has 1 saturated heterocycles. The molecule has 0 bridgehead atoms. The Hall–Kier alpha value is -1.84. The van der Waals surface area contributed by atoms with Gasteiger partial charge in [0.1, 0.15) is 0 Å². The quantitative estimate of drug-likeness (QED) is 0.819. The lowest BCUT2D eigenvalue weighted by atomic mass is 10.0. The first-order valence-corrected chi connectivity index (χ1v) is 9.56. The number of anilines is 1. The Bertz CT molecular complexity index is 584. The zero-order valence-corrected chi connectivity index (χ0v) is 16.6. The summed E-state index contributed by atoms with van der Waals surface area (Å²) in [6.07, 6.45) is 0. The van der Waals surface area contributed by atoms with E-state index in [-0.39, 0.29) is 0 Å². The van der Waals surface area contributed by atoms with Crippen LogP contribution in [0.2, 0.25) is 0 Å². The molecule has 2 aromatic rings. The molecule has 3 heteroatoms. The molecular formula is C22H35N3. The van der Waals surface area contributed by atoms with E-state index < -0.39 is 0 Å². The van der Waals surface area contributed by atoms with Gasteiger partial charge in [0, 0.05) is 38.4 Å². The van der Waals surface area contributed by atoms with Crippen LogP contribution in [0, 0.1) is 0 Å². The Morgan fingerprint density at radius 2 is 1.40 bits per heavy atom. The average Bonchev–Trinajstić information content (AvgIpc) is 2.67. The molecule has 0 unspecified atom stereocenters. The second-order valence-electron chi connectivity index (χ2n) is 5.90. The largest absolute Gasteiger partial charge is 0.399 e. The van der Waals surface area contributed by atoms with E-state index >= 15 is 0 Å². The minimum atomic E-state index is 0.814. The summed E-state index contributed by atoms with van der Waals surface area (Å²) in [5.74, 6) is 0. The number of nitrogens with zero attached hydrogens (tertiary/aromatic N) is 2. The van der Waals surface area contributed by atoms with Gasteiger partial charge in [-0.1, -0.05) is 64.1 Å². The predicted molar refractivity (Wildman–Crippen MR) is 112 cm³/mol. The first kappa shape index (κ1) is 21.2. The van der Waals surface area contributed by atoms with Gasteiger partial charge in [-0.3, -0.25) is 4.90 Å². The van der Waals surface area contributed by atoms with Gasteiger partial charge in [-0.05, 0) is 35.9 Å². The summed E-state index contributed by atoms with van der Waals surface area (Å²) >= 11 is 0. The smallest absolute Gasteiger partial charge is 0.0320 e. The van der Waals surface area contributed by atoms with Gasteiger partial charge in [-0.25, -0.2) is 0 Å². The maximum Gasteiger partial charge on any atom is 0.0320 e. The number of nitrogens with two attached hydrogens (primary N) is 1. The van der Waals surface area contributed by atoms with Crippen molar-refractivity contribution in [2.45, 2.75) is 34.2 Å². The fraction of sp³-hybridized carbons (Fsp3) is 0.455. The summed E-state index contributed by atoms with van der Waals surface area (Å²) in [5.41, 5.74) is 10.5. The Kier molecular flexibility index (Phi) is 9.90. The molecule has 0 aromatic heterocycles. The molecule has 0 spiro atoms. The molecule has 3 rings (SSSR count). The van der Waals surface area contributed by atoms with Crippen LogP contribution in [0.15, 0.2) is 48.5 Å². The van der Waals surface area contributed by atoms with E-state index in [4.69, 9.17) is 5.73 Å². The lowest BCUT2D eigenvalue weighted by Crippen LogP contribution is -2.43. The maximum atomic E-state index is 5.85. The van der Waals surface area contributed by atoms with Crippen molar-refractivity contribution >= 4 is 5.69 Å². The molecule has 2 aromatic carbocycles. The number of nitrogen functional groups attached to an aromatic ring is 1. The van der Waals surface area contributed by atoms with E-state index in [1.54, 1.807) is 0 Å². The molecule has 0 saturated carbocycles. The van der Waals surface area contributed by atoms with E-state index in [0.29, 0.717) is 0 Å². The summed E-state index contributed by atoms with van der Waals surface area (Å²) in [5, 5.41) is 0. The Morgan fingerprint density at radius 3 is 1.96 bits per heavy atom. The highest BCUT2D eigenvalue weighted by molar-refractivity contribution is 5.67. The summed E-state index contributed by atoms with van der Waals surface area (Å²) in [7, 11) is 2.19. The molecule has 138 valence electrons. The van der Waals surface area contributed by atoms with Crippen molar-refractivity contribution in [3.05, 3.63) is 54.1 Å². The third-order valence-electron chi connectivity index (χ3n) is 4.18. The van der Waals surface area contributed by atoms with E-state index in [1.165, 1.54) is 29.8 Å². The van der Waals surface area contributed by atoms with E-state index in [2.05, 4.69) is 47.2 Å². The zero-order valence-electron chi connectivity index (χ0n) is 16.6. The standard InChI is InChI=1S/C18H23N3.2C2H6/c1-20-9-11-21(12-10-20)14-15-5-7-16(8-6-15)17-3-2-4-18(19)13-17;2*1-2/h2-8,13H,9-12,14,19H2,1H3;2*1-2H3. The highest BCUT2D eigenvalue weighted by Crippen LogP contribution is 2.22. The molecule has 2 N–H and O–H groups in total. The van der Waals surface area contributed by atoms with Crippen LogP contribution in [0.3, 0.4) is 0 Å². The highest BCUT2D eigenvalue weighted by Gasteiger charge is 2.13. The number of rotatable bonds is 3. The topological polar surface area (TPSA) is 32.5 Å². The molecule has 0 radical (unpaired) electrons. The molecule has 1 aliphatic rings. The molecule has 25 heavy (non-hydrogen) atoms. The number of likely N-dealkylation sites (N-methyl/N-ethyl adjacent to an activating group) is 1. The van der Waals surface area contributed by atoms with Gasteiger partial charge in [0.05, 0.1) is 0 Å². The SMILES string of the molecule is CC.CC.CN1CCN(Cc2ccc(-c3cccc(N)c3)cc2)CC1. The van der Waals surface area contributed by atoms with Gasteiger partial charge in [-0.15, -0.1) is 0 Å². The van der Waals surface area contributed by atoms with Gasteiger partial charge in [-0.2, -0.15) is 0 Å². The van der Waals surface area contributed by atoms with Crippen LogP contribution < -0.4 is 5.73 Å². The van der Waals surface area contributed by atoms with Crippen molar-refractivity contribution in [1.82, 2.24) is 9.80 Å². The molecule has 0 aliphatic carbocycles. The third-order valence-corrected chi connectivity index (χ3v) is 4.18. The highest BCUT2D eigenvalue weighted by atomic mass is 15.2. The number of piperazine rings is 1. The van der Waals surface area contributed by atoms with Crippen LogP contribution in [0.1, 0.15) is 33.3 Å². The molecule has 1 aliphatic heterocycles. The van der Waals surface area contributed by atoms with Crippen LogP contribution in [0.25, 0.3) is 11.1 Å². The monoisotopic (exact) mass is 341 g/mol. The fourth-order valence-electron chi connectivity index (χ4n) is 2.79. The predicted octanol–water partition coefficient (Wildman–Crippen LogP) is 4.74. The van der Waals surface area contributed by atoms with Crippen molar-refractivity contribution in [1.29, 1.82) is 0 Å². The maximum absolute atomic E-state index is 5.85. The number of hydrogen-bond donors (Lipinski definition) is 1. The lowest BCUT2D eigenvalue weighted by Gasteiger charge is -2.32. The minimum Gasteiger partial charge on any atom is -0.399 e. The normalized spacial score (nSPS) is 14.8. The van der Waals surface area contributed by atoms with E-state index in [1.807, 2.05) is 45.9 Å². The van der Waals surface area contributed by atoms with Crippen molar-refractivity contribution < 1.29 is 0 Å². The van der Waals surface area contributed by atoms with Crippen LogP contribution in [-0.2, 0) is 6.54 Å². The first-order chi connectivity index (χ1) is 12.2. The lowest BCUT2D eigenvalue weighted by molar-refractivity contribution is 0.148. The summed E-state index contributed by atoms with van der Waals surface area (Å²) in [6.45, 7) is 13.7. The molecular weight excluding hydrogens is 306 g/mol. The van der Waals surface area contributed by atoms with Gasteiger partial charge in [0.15, 0.2) is 0 Å². The summed E-state index contributed by atoms with van der Waals surface area (Å²) in [4.78, 5) is 4.91. The van der Waals surface area contributed by atoms with Crippen molar-refractivity contribution in [2.24, 2.45) is 0 Å². The molecule has 3 nitrogen and oxygen atoms in total. The summed E-state index contributed by atoms with van der Waals surface area (Å²) in [6, 6.07) is 16.9. The van der Waals surface area contributed by atoms with Crippen LogP contribution in [0.5, 0.6) is 0 Å². The number of benzene rings is 2. The Morgan fingerprint density at radius 1 is 0.800 bits per heavy atom. The van der Waals surface area contributed by atoms with E-state index in [0.717, 1.165) is 25.3 Å². The van der Waals surface area contributed by atoms with Crippen molar-refractivity contribution in [2.75, 3.05) is 39.0 Å². The van der Waals surface area contributed by atoms with Crippen molar-refractivity contribution in [3.8, 4) is 11.1 Å². The Balaban J connectivity index is 0.000000730. The van der Waals surface area contributed by atoms with Crippen LogP contribution in [-0.4, -0.2) is 43.0 Å². The average molecular weight is 342 g/mol. The second kappa shape index (κ2) is 11.7. The van der Waals surface area contributed by atoms with Gasteiger partial charge in [0.25, 0.3) is 0 Å². The zero-order chi connectivity index (χ0) is 18.7. The van der Waals surface area contributed by atoms with Crippen molar-refractivity contribution in [3.63, 3.8) is 0 Å². The van der Waals surface area contributed by atoms with Gasteiger partial charge in [0.2, 0.25) is 0 Å². The Labute approximate surface area is 154 Å². The molecule has 0 atom stereocenters. The third kappa shape index (κ3) is 6.89. The second-order valence-corrected chi connectivity index (χ2v) is 5.90. The minimum absolute atomic E-state index is 0.814. The molecule has 1 fully saturated rings. The number of hydrogen-bond acceptors (Lipinski definition) is 3. The van der Waals surface area contributed by atoms with E-state index in [9.17, 15) is 0 Å². The van der Waals surface area contributed by atoms with Gasteiger partial charge >= 0.3 is 0 Å². The summed E-state index contributed by atoms with van der Waals surface area (Å²) < 4.78 is 0. The molecule has 1 heterocycles. The molecule has 0 amide bonds. The first-order valence-electron chi connectivity index (χ1n) is 9.56. The fourth-order valence-corrected chi connectivity index (χ4v) is 2.79.